The number of imidazole rings is 1. The Morgan fingerprint density at radius 2 is 2.07 bits per heavy atom. The summed E-state index contributed by atoms with van der Waals surface area (Å²) >= 11 is 0. The third-order valence-electron chi connectivity index (χ3n) is 5.22. The molecule has 4 rings (SSSR count). The number of hydrogen-bond acceptors (Lipinski definition) is 5. The Hall–Kier alpha value is -3.48. The van der Waals surface area contributed by atoms with Crippen LogP contribution < -0.4 is 5.32 Å². The van der Waals surface area contributed by atoms with E-state index in [9.17, 15) is 4.79 Å². The number of hydrogen-bond donors (Lipinski definition) is 1. The first kappa shape index (κ1) is 19.8. The average molecular weight is 403 g/mol. The topological polar surface area (TPSA) is 85.3 Å². The Labute approximate surface area is 175 Å². The highest BCUT2D eigenvalue weighted by molar-refractivity contribution is 6.04. The summed E-state index contributed by atoms with van der Waals surface area (Å²) in [5, 5.41) is 7.13. The van der Waals surface area contributed by atoms with Gasteiger partial charge in [-0.3, -0.25) is 9.20 Å². The minimum absolute atomic E-state index is 0.222. The van der Waals surface area contributed by atoms with Crippen LogP contribution in [0, 0.1) is 13.8 Å². The highest BCUT2D eigenvalue weighted by Crippen LogP contribution is 2.26. The van der Waals surface area contributed by atoms with Gasteiger partial charge in [-0.2, -0.15) is 4.98 Å². The van der Waals surface area contributed by atoms with Gasteiger partial charge in [0.05, 0.1) is 6.20 Å². The van der Waals surface area contributed by atoms with E-state index in [1.807, 2.05) is 50.4 Å². The van der Waals surface area contributed by atoms with Crippen molar-refractivity contribution in [2.45, 2.75) is 46.5 Å². The van der Waals surface area contributed by atoms with Gasteiger partial charge in [-0.05, 0) is 43.5 Å². The molecule has 7 heteroatoms. The molecule has 0 aliphatic heterocycles. The fourth-order valence-corrected chi connectivity index (χ4v) is 3.45. The number of nitrogens with zero attached hydrogens (tertiary/aromatic N) is 4. The average Bonchev–Trinajstić information content (AvgIpc) is 3.37. The lowest BCUT2D eigenvalue weighted by atomic mass is 10.1. The smallest absolute Gasteiger partial charge is 0.274 e. The molecular formula is C23H25N5O2. The van der Waals surface area contributed by atoms with Gasteiger partial charge in [-0.1, -0.05) is 43.6 Å². The molecule has 0 bridgehead atoms. The third kappa shape index (κ3) is 3.83. The van der Waals surface area contributed by atoms with E-state index in [0.717, 1.165) is 35.2 Å². The summed E-state index contributed by atoms with van der Waals surface area (Å²) in [5.74, 6) is 1.16. The van der Waals surface area contributed by atoms with Gasteiger partial charge in [-0.15, -0.1) is 0 Å². The van der Waals surface area contributed by atoms with Crippen molar-refractivity contribution >= 4 is 17.2 Å². The Balaban J connectivity index is 1.60. The van der Waals surface area contributed by atoms with Crippen LogP contribution in [0.15, 0.2) is 47.2 Å². The fourth-order valence-electron chi connectivity index (χ4n) is 3.45. The van der Waals surface area contributed by atoms with E-state index < -0.39 is 0 Å². The van der Waals surface area contributed by atoms with Crippen molar-refractivity contribution in [2.75, 3.05) is 5.32 Å². The molecule has 30 heavy (non-hydrogen) atoms. The lowest BCUT2D eigenvalue weighted by Gasteiger charge is -2.10. The van der Waals surface area contributed by atoms with Crippen molar-refractivity contribution in [3.8, 4) is 11.4 Å². The number of benzene rings is 1. The van der Waals surface area contributed by atoms with Crippen LogP contribution >= 0.6 is 0 Å². The highest BCUT2D eigenvalue weighted by atomic mass is 16.5. The monoisotopic (exact) mass is 403 g/mol. The minimum atomic E-state index is -0.223. The number of aryl methyl sites for hydroxylation is 2. The Morgan fingerprint density at radius 3 is 2.87 bits per heavy atom. The molecule has 1 N–H and O–H groups in total. The number of rotatable bonds is 6. The van der Waals surface area contributed by atoms with Crippen LogP contribution in [0.5, 0.6) is 0 Å². The first-order chi connectivity index (χ1) is 14.5. The summed E-state index contributed by atoms with van der Waals surface area (Å²) in [7, 11) is 0. The van der Waals surface area contributed by atoms with Gasteiger partial charge in [0.2, 0.25) is 11.7 Å². The van der Waals surface area contributed by atoms with Gasteiger partial charge in [0.25, 0.3) is 5.91 Å². The molecule has 4 aromatic rings. The molecule has 0 saturated carbocycles. The quantitative estimate of drug-likeness (QED) is 0.481. The Morgan fingerprint density at radius 1 is 1.23 bits per heavy atom. The molecule has 7 nitrogen and oxygen atoms in total. The number of carbonyl (C=O) groups is 1. The molecule has 1 amide bonds. The summed E-state index contributed by atoms with van der Waals surface area (Å²) in [6, 6.07) is 9.61. The fraction of sp³-hybridized carbons (Fsp3) is 0.304. The number of pyridine rings is 1. The maximum Gasteiger partial charge on any atom is 0.274 e. The second-order valence-corrected chi connectivity index (χ2v) is 7.71. The van der Waals surface area contributed by atoms with Crippen molar-refractivity contribution in [1.29, 1.82) is 0 Å². The molecular weight excluding hydrogens is 378 g/mol. The van der Waals surface area contributed by atoms with Crippen molar-refractivity contribution in [1.82, 2.24) is 19.5 Å². The third-order valence-corrected chi connectivity index (χ3v) is 5.22. The number of carbonyl (C=O) groups excluding carboxylic acids is 1. The van der Waals surface area contributed by atoms with E-state index in [-0.39, 0.29) is 11.8 Å². The molecule has 0 aliphatic rings. The second-order valence-electron chi connectivity index (χ2n) is 7.71. The first-order valence-electron chi connectivity index (χ1n) is 10.2. The van der Waals surface area contributed by atoms with Gasteiger partial charge < -0.3 is 9.84 Å². The van der Waals surface area contributed by atoms with Crippen LogP contribution in [0.1, 0.15) is 60.1 Å². The maximum atomic E-state index is 12.9. The molecule has 1 atom stereocenters. The number of aromatic nitrogens is 4. The van der Waals surface area contributed by atoms with Gasteiger partial charge in [-0.25, -0.2) is 4.98 Å². The lowest BCUT2D eigenvalue weighted by Crippen LogP contribution is -2.15. The van der Waals surface area contributed by atoms with E-state index in [4.69, 9.17) is 4.52 Å². The summed E-state index contributed by atoms with van der Waals surface area (Å²) in [4.78, 5) is 21.8. The highest BCUT2D eigenvalue weighted by Gasteiger charge is 2.17. The molecule has 0 radical (unpaired) electrons. The van der Waals surface area contributed by atoms with Crippen LogP contribution in [0.2, 0.25) is 0 Å². The van der Waals surface area contributed by atoms with Gasteiger partial charge >= 0.3 is 0 Å². The zero-order chi connectivity index (χ0) is 21.3. The summed E-state index contributed by atoms with van der Waals surface area (Å²) < 4.78 is 7.24. The van der Waals surface area contributed by atoms with Crippen molar-refractivity contribution in [3.05, 3.63) is 65.4 Å². The molecule has 0 fully saturated rings. The van der Waals surface area contributed by atoms with Crippen molar-refractivity contribution < 1.29 is 9.32 Å². The Bertz CT molecular complexity index is 1210. The minimum Gasteiger partial charge on any atom is -0.339 e. The molecule has 0 saturated heterocycles. The van der Waals surface area contributed by atoms with E-state index in [2.05, 4.69) is 34.3 Å². The van der Waals surface area contributed by atoms with Gasteiger partial charge in [0.15, 0.2) is 0 Å². The predicted molar refractivity (Wildman–Crippen MR) is 116 cm³/mol. The van der Waals surface area contributed by atoms with E-state index in [0.29, 0.717) is 23.1 Å². The van der Waals surface area contributed by atoms with Crippen LogP contribution in [0.4, 0.5) is 5.69 Å². The van der Waals surface area contributed by atoms with Crippen molar-refractivity contribution in [2.24, 2.45) is 0 Å². The summed E-state index contributed by atoms with van der Waals surface area (Å²) in [5.41, 5.74) is 4.71. The SMILES string of the molecule is CCCC(C)c1nc(-c2ccc(C)c(NC(=O)c3cnc4ccc(C)cn34)c2)no1. The second kappa shape index (κ2) is 8.10. The lowest BCUT2D eigenvalue weighted by molar-refractivity contribution is 0.102. The largest absolute Gasteiger partial charge is 0.339 e. The van der Waals surface area contributed by atoms with Crippen LogP contribution in [-0.4, -0.2) is 25.4 Å². The normalized spacial score (nSPS) is 12.3. The molecule has 0 aliphatic carbocycles. The van der Waals surface area contributed by atoms with Gasteiger partial charge in [0.1, 0.15) is 11.3 Å². The zero-order valence-electron chi connectivity index (χ0n) is 17.6. The van der Waals surface area contributed by atoms with Crippen molar-refractivity contribution in [3.63, 3.8) is 0 Å². The number of amides is 1. The van der Waals surface area contributed by atoms with Crippen LogP contribution in [-0.2, 0) is 0 Å². The van der Waals surface area contributed by atoms with Crippen LogP contribution in [0.3, 0.4) is 0 Å². The summed E-state index contributed by atoms with van der Waals surface area (Å²) in [6.45, 7) is 8.14. The maximum absolute atomic E-state index is 12.9. The predicted octanol–water partition coefficient (Wildman–Crippen LogP) is 5.16. The van der Waals surface area contributed by atoms with E-state index in [1.54, 1.807) is 10.6 Å². The summed E-state index contributed by atoms with van der Waals surface area (Å²) in [6.07, 6.45) is 5.54. The number of fused-ring (bicyclic) bond motifs is 1. The Kier molecular flexibility index (Phi) is 5.35. The number of nitrogens with one attached hydrogen (secondary N) is 1. The van der Waals surface area contributed by atoms with Crippen LogP contribution in [0.25, 0.3) is 17.0 Å². The zero-order valence-corrected chi connectivity index (χ0v) is 17.6. The molecule has 1 aromatic carbocycles. The van der Waals surface area contributed by atoms with E-state index >= 15 is 0 Å². The standard InChI is InChI=1S/C23H25N5O2/c1-5-6-16(4)23-26-21(27-30-23)17-9-8-15(3)18(11-17)25-22(29)19-12-24-20-10-7-14(2)13-28(19)20/h7-13,16H,5-6H2,1-4H3,(H,25,29). The number of anilines is 1. The molecule has 3 heterocycles. The molecule has 0 spiro atoms. The van der Waals surface area contributed by atoms with E-state index in [1.165, 1.54) is 0 Å². The molecule has 3 aromatic heterocycles. The molecule has 1 unspecified atom stereocenters. The molecule has 154 valence electrons. The van der Waals surface area contributed by atoms with Gasteiger partial charge in [0, 0.05) is 23.4 Å². The first-order valence-corrected chi connectivity index (χ1v) is 10.2.